The highest BCUT2D eigenvalue weighted by Gasteiger charge is 2.71. The van der Waals surface area contributed by atoms with Crippen LogP contribution in [-0.4, -0.2) is 43.7 Å². The van der Waals surface area contributed by atoms with E-state index >= 15 is 9.59 Å². The number of rotatable bonds is 8. The van der Waals surface area contributed by atoms with Gasteiger partial charge in [0.2, 0.25) is 17.7 Å². The molecule has 2 aliphatic carbocycles. The van der Waals surface area contributed by atoms with Crippen molar-refractivity contribution >= 4 is 69.4 Å². The number of imide groups is 2. The molecule has 6 aromatic rings. The third-order valence-electron chi connectivity index (χ3n) is 13.0. The lowest BCUT2D eigenvalue weighted by Gasteiger charge is -2.50. The number of carbonyl (C=O) groups excluding carboxylic acids is 4. The van der Waals surface area contributed by atoms with Gasteiger partial charge in [-0.25, -0.2) is 9.97 Å². The van der Waals surface area contributed by atoms with Gasteiger partial charge in [-0.05, 0) is 90.9 Å². The summed E-state index contributed by atoms with van der Waals surface area (Å²) in [5.74, 6) is -7.65. The van der Waals surface area contributed by atoms with Crippen molar-refractivity contribution in [1.29, 1.82) is 0 Å². The average Bonchev–Trinajstić information content (AvgIpc) is 3.89. The zero-order valence-electron chi connectivity index (χ0n) is 33.4. The summed E-state index contributed by atoms with van der Waals surface area (Å²) in [6, 6.07) is 26.1. The number of halogens is 5. The number of aromatic nitrogens is 2. The molecular formula is C48H34Cl2F3N5O6. The second-order valence-corrected chi connectivity index (χ2v) is 17.2. The van der Waals surface area contributed by atoms with Crippen molar-refractivity contribution in [2.45, 2.75) is 36.8 Å². The number of benzene rings is 4. The average molecular weight is 905 g/mol. The highest BCUT2D eigenvalue weighted by Crippen LogP contribution is 2.65. The number of allylic oxidation sites excluding steroid dienone is 3. The normalized spacial score (nSPS) is 24.1. The molecule has 2 N–H and O–H groups in total. The molecule has 0 radical (unpaired) electrons. The number of para-hydroxylation sites is 3. The van der Waals surface area contributed by atoms with Crippen LogP contribution in [0.1, 0.15) is 41.0 Å². The van der Waals surface area contributed by atoms with E-state index < -0.39 is 75.4 Å². The molecule has 4 amide bonds. The van der Waals surface area contributed by atoms with Gasteiger partial charge in [-0.3, -0.25) is 29.5 Å². The second kappa shape index (κ2) is 15.2. The van der Waals surface area contributed by atoms with Gasteiger partial charge in [0.05, 0.1) is 39.4 Å². The van der Waals surface area contributed by atoms with Gasteiger partial charge >= 0.3 is 6.18 Å². The molecule has 64 heavy (non-hydrogen) atoms. The molecule has 10 rings (SSSR count). The summed E-state index contributed by atoms with van der Waals surface area (Å²) in [5.41, 5.74) is 3.57. The van der Waals surface area contributed by atoms with E-state index in [1.807, 2.05) is 24.3 Å². The Hall–Kier alpha value is -6.77. The minimum atomic E-state index is -4.77. The van der Waals surface area contributed by atoms with Crippen LogP contribution in [0.25, 0.3) is 22.6 Å². The third-order valence-corrected chi connectivity index (χ3v) is 13.6. The topological polar surface area (TPSA) is 146 Å². The fourth-order valence-corrected chi connectivity index (χ4v) is 10.6. The molecule has 2 aromatic heterocycles. The molecule has 3 fully saturated rings. The van der Waals surface area contributed by atoms with E-state index in [-0.39, 0.29) is 36.4 Å². The number of carbonyl (C=O) groups is 4. The van der Waals surface area contributed by atoms with Crippen LogP contribution in [0.2, 0.25) is 10.0 Å². The van der Waals surface area contributed by atoms with Crippen molar-refractivity contribution in [3.8, 4) is 17.2 Å². The maximum atomic E-state index is 15.5. The molecule has 6 atom stereocenters. The molecular weight excluding hydrogens is 870 g/mol. The number of pyridine rings is 1. The molecule has 0 unspecified atom stereocenters. The summed E-state index contributed by atoms with van der Waals surface area (Å²) in [4.78, 5) is 69.5. The van der Waals surface area contributed by atoms with Gasteiger partial charge in [0.15, 0.2) is 11.4 Å². The minimum Gasteiger partial charge on any atom is -0.507 e. The molecule has 4 aliphatic rings. The highest BCUT2D eigenvalue weighted by molar-refractivity contribution is 6.33. The molecule has 0 bridgehead atoms. The van der Waals surface area contributed by atoms with E-state index in [0.29, 0.717) is 67.2 Å². The number of oxazole rings is 1. The number of amides is 4. The Morgan fingerprint density at radius 2 is 1.67 bits per heavy atom. The van der Waals surface area contributed by atoms with Crippen LogP contribution < -0.4 is 10.3 Å². The maximum absolute atomic E-state index is 15.5. The smallest absolute Gasteiger partial charge is 0.417 e. The first-order chi connectivity index (χ1) is 30.7. The first-order valence-corrected chi connectivity index (χ1v) is 21.1. The summed E-state index contributed by atoms with van der Waals surface area (Å²) < 4.78 is 46.7. The maximum Gasteiger partial charge on any atom is 0.417 e. The Morgan fingerprint density at radius 3 is 2.38 bits per heavy atom. The summed E-state index contributed by atoms with van der Waals surface area (Å²) in [6.07, 6.45) is -0.522. The second-order valence-electron chi connectivity index (χ2n) is 16.3. The van der Waals surface area contributed by atoms with Crippen molar-refractivity contribution in [2.24, 2.45) is 23.7 Å². The molecule has 1 saturated carbocycles. The molecule has 11 nitrogen and oxygen atoms in total. The highest BCUT2D eigenvalue weighted by atomic mass is 35.5. The number of hydrogen-bond donors (Lipinski definition) is 2. The summed E-state index contributed by atoms with van der Waals surface area (Å²) in [5, 5.41) is 12.6. The quantitative estimate of drug-likeness (QED) is 0.113. The molecule has 16 heteroatoms. The number of phenolic OH excluding ortho intramolecular Hbond substituents is 1. The molecule has 2 saturated heterocycles. The Labute approximate surface area is 372 Å². The van der Waals surface area contributed by atoms with Gasteiger partial charge in [-0.15, -0.1) is 6.58 Å². The van der Waals surface area contributed by atoms with Gasteiger partial charge < -0.3 is 9.52 Å². The standard InChI is InChI=1S/C48H34Cl2F3N5O6/c1-2-6-24-7-5-8-32(40(24)59)39-30-19-20-31-38(45(62)57(43(31)60)29-17-11-25(12-18-29)42-55-36-9-3-4-10-37(36)64-42)33(30)22-34-44(61)58(46(63)47(34,39)26-13-15-28(49)16-14-26)56-41-35(50)21-27(23-54-41)48(51,52)53/h2-5,7-19,21,23,31,33-34,38-39,59H,1,6,20,22H2,(H,54,56)/t31-,33+,34-,38-,39+,47+/m0/s1. The van der Waals surface area contributed by atoms with Crippen LogP contribution in [-0.2, 0) is 37.2 Å². The SMILES string of the molecule is C=CCc1cccc([C@H]2C3=CC[C@@H]4C(=O)N(c5ccc(-c6nc7ccccc7o6)cc5)C(=O)[C@@H]4[C@@H]3C[C@H]3C(=O)N(Nc4ncc(C(F)(F)F)cc4Cl)C(=O)[C@@]23c2ccc(Cl)cc2)c1O. The summed E-state index contributed by atoms with van der Waals surface area (Å²) >= 11 is 12.7. The predicted octanol–water partition coefficient (Wildman–Crippen LogP) is 9.84. The lowest BCUT2D eigenvalue weighted by Crippen LogP contribution is -2.53. The van der Waals surface area contributed by atoms with Gasteiger partial charge in [-0.1, -0.05) is 83.4 Å². The first kappa shape index (κ1) is 41.3. The van der Waals surface area contributed by atoms with Crippen molar-refractivity contribution in [2.75, 3.05) is 10.3 Å². The molecule has 322 valence electrons. The van der Waals surface area contributed by atoms with E-state index in [4.69, 9.17) is 27.6 Å². The van der Waals surface area contributed by atoms with Crippen LogP contribution in [0.4, 0.5) is 24.7 Å². The van der Waals surface area contributed by atoms with Crippen molar-refractivity contribution in [3.63, 3.8) is 0 Å². The van der Waals surface area contributed by atoms with Gasteiger partial charge in [-0.2, -0.15) is 18.2 Å². The van der Waals surface area contributed by atoms with Crippen LogP contribution in [0, 0.1) is 23.7 Å². The zero-order valence-corrected chi connectivity index (χ0v) is 34.9. The first-order valence-electron chi connectivity index (χ1n) is 20.3. The van der Waals surface area contributed by atoms with E-state index in [0.717, 1.165) is 4.90 Å². The zero-order chi connectivity index (χ0) is 44.8. The largest absolute Gasteiger partial charge is 0.507 e. The lowest BCUT2D eigenvalue weighted by molar-refractivity contribution is -0.139. The van der Waals surface area contributed by atoms with Crippen molar-refractivity contribution < 1.29 is 41.9 Å². The Kier molecular flexibility index (Phi) is 9.80. The lowest BCUT2D eigenvalue weighted by atomic mass is 9.49. The van der Waals surface area contributed by atoms with Crippen molar-refractivity contribution in [1.82, 2.24) is 15.0 Å². The third kappa shape index (κ3) is 6.25. The number of anilines is 2. The van der Waals surface area contributed by atoms with Crippen LogP contribution >= 0.6 is 23.2 Å². The Balaban J connectivity index is 1.09. The van der Waals surface area contributed by atoms with Gasteiger partial charge in [0, 0.05) is 28.3 Å². The number of nitrogens with one attached hydrogen (secondary N) is 1. The van der Waals surface area contributed by atoms with E-state index in [9.17, 15) is 27.9 Å². The molecule has 0 spiro atoms. The number of hydrazine groups is 1. The van der Waals surface area contributed by atoms with E-state index in [1.54, 1.807) is 78.9 Å². The predicted molar refractivity (Wildman–Crippen MR) is 231 cm³/mol. The fourth-order valence-electron chi connectivity index (χ4n) is 10.3. The molecule has 4 aromatic carbocycles. The number of phenols is 1. The van der Waals surface area contributed by atoms with Gasteiger partial charge in [0.25, 0.3) is 11.8 Å². The van der Waals surface area contributed by atoms with Gasteiger partial charge in [0.1, 0.15) is 11.3 Å². The fraction of sp³-hybridized carbons (Fsp3) is 0.208. The molecule has 2 aliphatic heterocycles. The molecule has 4 heterocycles. The number of fused-ring (bicyclic) bond motifs is 5. The van der Waals surface area contributed by atoms with Crippen LogP contribution in [0.5, 0.6) is 5.75 Å². The summed E-state index contributed by atoms with van der Waals surface area (Å²) in [7, 11) is 0. The number of aromatic hydroxyl groups is 1. The number of hydrogen-bond acceptors (Lipinski definition) is 9. The monoisotopic (exact) mass is 903 g/mol. The number of alkyl halides is 3. The van der Waals surface area contributed by atoms with E-state index in [1.165, 1.54) is 0 Å². The Bertz CT molecular complexity index is 2960. The minimum absolute atomic E-state index is 0.0975. The van der Waals surface area contributed by atoms with E-state index in [2.05, 4.69) is 22.0 Å². The summed E-state index contributed by atoms with van der Waals surface area (Å²) in [6.45, 7) is 3.83. The van der Waals surface area contributed by atoms with Crippen LogP contribution in [0.15, 0.2) is 132 Å². The van der Waals surface area contributed by atoms with Crippen LogP contribution in [0.3, 0.4) is 0 Å². The Morgan fingerprint density at radius 1 is 0.922 bits per heavy atom. The number of nitrogens with zero attached hydrogens (tertiary/aromatic N) is 4. The van der Waals surface area contributed by atoms with Crippen molar-refractivity contribution in [3.05, 3.63) is 160 Å².